The van der Waals surface area contributed by atoms with Gasteiger partial charge in [0.1, 0.15) is 16.3 Å². The molecule has 0 aliphatic rings. The summed E-state index contributed by atoms with van der Waals surface area (Å²) in [6, 6.07) is 12.1. The van der Waals surface area contributed by atoms with E-state index in [2.05, 4.69) is 50.0 Å². The van der Waals surface area contributed by atoms with Crippen LogP contribution >= 0.6 is 35.1 Å². The third-order valence-electron chi connectivity index (χ3n) is 5.12. The van der Waals surface area contributed by atoms with Crippen LogP contribution in [0.25, 0.3) is 10.8 Å². The topological polar surface area (TPSA) is 224 Å². The number of rotatable bonds is 11. The van der Waals surface area contributed by atoms with Crippen molar-refractivity contribution < 1.29 is 39.9 Å². The lowest BCUT2D eigenvalue weighted by Gasteiger charge is -2.09. The van der Waals surface area contributed by atoms with E-state index in [0.717, 1.165) is 18.2 Å². The Kier molecular flexibility index (Phi) is 11.1. The second kappa shape index (κ2) is 14.8. The van der Waals surface area contributed by atoms with Gasteiger partial charge in [0.05, 0.1) is 12.8 Å². The Morgan fingerprint density at radius 3 is 2.44 bits per heavy atom. The molecule has 1 heterocycles. The molecule has 0 saturated heterocycles. The normalized spacial score (nSPS) is 11.9. The number of halogens is 1. The Bertz CT molecular complexity index is 2090. The van der Waals surface area contributed by atoms with Gasteiger partial charge in [0, 0.05) is 21.2 Å². The van der Waals surface area contributed by atoms with Gasteiger partial charge in [-0.25, -0.2) is 4.99 Å². The van der Waals surface area contributed by atoms with Crippen molar-refractivity contribution >= 4 is 102 Å². The average molecular weight is 712 g/mol. The first-order valence-electron chi connectivity index (χ1n) is 11.7. The Morgan fingerprint density at radius 2 is 1.73 bits per heavy atom. The molecular weight excluding hydrogens is 694 g/mol. The molecule has 4 rings (SSSR count). The summed E-state index contributed by atoms with van der Waals surface area (Å²) in [5, 5.41) is 14.6. The van der Waals surface area contributed by atoms with Gasteiger partial charge < -0.3 is 10.1 Å². The van der Waals surface area contributed by atoms with Gasteiger partial charge in [-0.1, -0.05) is 23.9 Å². The summed E-state index contributed by atoms with van der Waals surface area (Å²) in [4.78, 5) is 20.5. The molecule has 21 heteroatoms. The first-order chi connectivity index (χ1) is 21.4. The number of anilines is 2. The number of aromatic nitrogens is 3. The minimum Gasteiger partial charge on any atom is -0.486 e. The number of ether oxygens (including phenoxy) is 1. The van der Waals surface area contributed by atoms with Crippen molar-refractivity contribution in [2.24, 2.45) is 15.2 Å². The van der Waals surface area contributed by atoms with Gasteiger partial charge in [0.15, 0.2) is 17.7 Å². The number of nitrogens with one attached hydrogen (secondary N) is 1. The van der Waals surface area contributed by atoms with Crippen molar-refractivity contribution in [3.05, 3.63) is 53.8 Å². The highest BCUT2D eigenvalue weighted by Crippen LogP contribution is 2.37. The molecule has 234 valence electrons. The fourth-order valence-electron chi connectivity index (χ4n) is 3.45. The average Bonchev–Trinajstić information content (AvgIpc) is 2.97. The van der Waals surface area contributed by atoms with Crippen LogP contribution in [0.4, 0.5) is 28.7 Å². The molecule has 3 N–H and O–H groups in total. The molecule has 3 aromatic carbocycles. The van der Waals surface area contributed by atoms with Crippen LogP contribution in [0.3, 0.4) is 0 Å². The van der Waals surface area contributed by atoms with E-state index >= 15 is 0 Å². The summed E-state index contributed by atoms with van der Waals surface area (Å²) >= 11 is 8.13. The largest absolute Gasteiger partial charge is 0.486 e. The molecule has 0 amide bonds. The minimum absolute atomic E-state index is 0.00652. The van der Waals surface area contributed by atoms with Gasteiger partial charge in [-0.3, -0.25) is 14.0 Å². The van der Waals surface area contributed by atoms with Crippen LogP contribution in [0.1, 0.15) is 0 Å². The van der Waals surface area contributed by atoms with E-state index in [9.17, 15) is 21.4 Å². The Hall–Kier alpha value is -4.07. The standard InChI is InChI=1S/C24H18ClN7O9S4/c1-39-13-26-20-12-15(27-23-28-22(25)29-24(30-23)42-2)4-8-18(20)31-32-19-7-3-14-11-16(43-10-9-40-41-45(36,37)38)5-6-17(14)21(19)44(33,34)35/h3-8,11-13H,1-2H3,(H,33,34,35)(H,36,37,38)(H,27,28,29,30)/b26-13-,32-31?. The van der Waals surface area contributed by atoms with Crippen LogP contribution in [-0.2, 0) is 34.5 Å². The third kappa shape index (κ3) is 9.71. The Morgan fingerprint density at radius 1 is 0.978 bits per heavy atom. The van der Waals surface area contributed by atoms with Crippen molar-refractivity contribution in [1.82, 2.24) is 15.0 Å². The predicted molar refractivity (Wildman–Crippen MR) is 167 cm³/mol. The fourth-order valence-corrected chi connectivity index (χ4v) is 5.49. The highest BCUT2D eigenvalue weighted by Gasteiger charge is 2.20. The van der Waals surface area contributed by atoms with Gasteiger partial charge in [-0.05, 0) is 75.7 Å². The summed E-state index contributed by atoms with van der Waals surface area (Å²) in [7, 11) is -8.21. The molecule has 4 aromatic rings. The maximum atomic E-state index is 12.4. The SMILES string of the molecule is CO/C=N\c1cc(Nc2nc(Cl)nc(SC)n2)ccc1N=Nc1ccc2cc(SC#COOS(=O)(=O)O)ccc2c1S(=O)(=O)O. The van der Waals surface area contributed by atoms with Gasteiger partial charge in [-0.2, -0.15) is 31.8 Å². The lowest BCUT2D eigenvalue weighted by Crippen LogP contribution is -2.01. The second-order valence-corrected chi connectivity index (χ2v) is 12.4. The zero-order valence-corrected chi connectivity index (χ0v) is 26.7. The number of hydrogen-bond donors (Lipinski definition) is 3. The first kappa shape index (κ1) is 33.8. The van der Waals surface area contributed by atoms with Crippen LogP contribution < -0.4 is 5.32 Å². The van der Waals surface area contributed by atoms with Crippen molar-refractivity contribution in [3.63, 3.8) is 0 Å². The monoisotopic (exact) mass is 711 g/mol. The molecule has 0 saturated carbocycles. The smallest absolute Gasteiger partial charge is 0.433 e. The number of methoxy groups -OCH3 is 1. The highest BCUT2D eigenvalue weighted by atomic mass is 35.5. The third-order valence-corrected chi connectivity index (χ3v) is 7.69. The molecule has 0 aliphatic heterocycles. The van der Waals surface area contributed by atoms with Gasteiger partial charge >= 0.3 is 10.4 Å². The Balaban J connectivity index is 1.65. The van der Waals surface area contributed by atoms with Crippen molar-refractivity contribution in [2.75, 3.05) is 18.7 Å². The number of nitrogens with zero attached hydrogens (tertiary/aromatic N) is 6. The van der Waals surface area contributed by atoms with E-state index in [1.807, 2.05) is 6.11 Å². The minimum atomic E-state index is -4.83. The van der Waals surface area contributed by atoms with E-state index in [1.54, 1.807) is 36.6 Å². The zero-order valence-electron chi connectivity index (χ0n) is 22.6. The molecule has 0 radical (unpaired) electrons. The molecule has 16 nitrogen and oxygen atoms in total. The lowest BCUT2D eigenvalue weighted by atomic mass is 10.1. The first-order valence-corrected chi connectivity index (χ1v) is 17.0. The summed E-state index contributed by atoms with van der Waals surface area (Å²) in [5.74, 6) is 0.192. The van der Waals surface area contributed by atoms with E-state index in [1.165, 1.54) is 37.1 Å². The van der Waals surface area contributed by atoms with E-state index < -0.39 is 25.4 Å². The van der Waals surface area contributed by atoms with Crippen LogP contribution in [0.15, 0.2) is 78.7 Å². The Labute approximate surface area is 269 Å². The molecule has 0 atom stereocenters. The second-order valence-electron chi connectivity index (χ2n) is 8.07. The summed E-state index contributed by atoms with van der Waals surface area (Å²) in [5.41, 5.74) is 0.846. The molecule has 0 aliphatic carbocycles. The summed E-state index contributed by atoms with van der Waals surface area (Å²) < 4.78 is 72.9. The molecule has 0 bridgehead atoms. The van der Waals surface area contributed by atoms with Gasteiger partial charge in [-0.15, -0.1) is 10.2 Å². The van der Waals surface area contributed by atoms with Gasteiger partial charge in [0.2, 0.25) is 11.2 Å². The van der Waals surface area contributed by atoms with Gasteiger partial charge in [0.25, 0.3) is 10.1 Å². The quantitative estimate of drug-likeness (QED) is 0.0242. The highest BCUT2D eigenvalue weighted by molar-refractivity contribution is 8.04. The van der Waals surface area contributed by atoms with Crippen LogP contribution in [0.5, 0.6) is 0 Å². The molecule has 1 aromatic heterocycles. The zero-order chi connectivity index (χ0) is 32.6. The van der Waals surface area contributed by atoms with E-state index in [0.29, 0.717) is 21.1 Å². The van der Waals surface area contributed by atoms with E-state index in [-0.39, 0.29) is 33.7 Å². The number of thioether (sulfide) groups is 2. The van der Waals surface area contributed by atoms with Crippen molar-refractivity contribution in [2.45, 2.75) is 14.9 Å². The number of aliphatic imine (C=N–C) groups is 1. The van der Waals surface area contributed by atoms with Crippen LogP contribution in [-0.4, -0.2) is 60.7 Å². The molecule has 0 unspecified atom stereocenters. The number of fused-ring (bicyclic) bond motifs is 1. The predicted octanol–water partition coefficient (Wildman–Crippen LogP) is 5.87. The van der Waals surface area contributed by atoms with E-state index in [4.69, 9.17) is 20.9 Å². The summed E-state index contributed by atoms with van der Waals surface area (Å²) in [6.45, 7) is 0. The molecule has 45 heavy (non-hydrogen) atoms. The van der Waals surface area contributed by atoms with Crippen molar-refractivity contribution in [3.8, 4) is 11.4 Å². The molecular formula is C24H18ClN7O9S4. The van der Waals surface area contributed by atoms with Crippen LogP contribution in [0.2, 0.25) is 5.28 Å². The lowest BCUT2D eigenvalue weighted by molar-refractivity contribution is -0.135. The maximum absolute atomic E-state index is 12.4. The maximum Gasteiger partial charge on any atom is 0.433 e. The number of azo groups is 1. The number of hydrogen-bond acceptors (Lipinski definition) is 16. The van der Waals surface area contributed by atoms with Crippen molar-refractivity contribution in [1.29, 1.82) is 0 Å². The molecule has 0 fully saturated rings. The summed E-state index contributed by atoms with van der Waals surface area (Å²) in [6.07, 6.45) is 4.86. The molecule has 0 spiro atoms. The number of benzene rings is 3. The fraction of sp³-hybridized carbons (Fsp3) is 0.0833. The van der Waals surface area contributed by atoms with Crippen LogP contribution in [0, 0.1) is 11.4 Å².